The normalized spacial score (nSPS) is 13.3. The van der Waals surface area contributed by atoms with Crippen LogP contribution >= 0.6 is 22.7 Å². The van der Waals surface area contributed by atoms with Gasteiger partial charge in [0, 0.05) is 51.9 Å². The van der Waals surface area contributed by atoms with Crippen LogP contribution in [0.2, 0.25) is 0 Å². The minimum Gasteiger partial charge on any atom is -0.464 e. The van der Waals surface area contributed by atoms with Gasteiger partial charge in [0.2, 0.25) is 5.91 Å². The maximum Gasteiger partial charge on any atom is 0.354 e. The fourth-order valence-electron chi connectivity index (χ4n) is 5.58. The van der Waals surface area contributed by atoms with Gasteiger partial charge in [-0.3, -0.25) is 14.4 Å². The summed E-state index contributed by atoms with van der Waals surface area (Å²) in [7, 11) is 5.31. The van der Waals surface area contributed by atoms with Gasteiger partial charge in [-0.1, -0.05) is 19.9 Å². The Morgan fingerprint density at radius 1 is 1.06 bits per heavy atom. The van der Waals surface area contributed by atoms with E-state index in [2.05, 4.69) is 20.5 Å². The number of esters is 1. The second-order valence-corrected chi connectivity index (χ2v) is 13.2. The van der Waals surface area contributed by atoms with Gasteiger partial charge in [0.25, 0.3) is 11.8 Å². The zero-order valence-corrected chi connectivity index (χ0v) is 28.8. The maximum atomic E-state index is 13.5. The fourth-order valence-corrected chi connectivity index (χ4v) is 7.33. The number of allylic oxidation sites excluding steroid dienone is 1. The molecule has 0 spiro atoms. The first-order chi connectivity index (χ1) is 22.7. The molecule has 1 aromatic carbocycles. The van der Waals surface area contributed by atoms with Gasteiger partial charge >= 0.3 is 5.97 Å². The van der Waals surface area contributed by atoms with Gasteiger partial charge in [-0.25, -0.2) is 4.79 Å². The molecule has 3 N–H and O–H groups in total. The number of hydrogen-bond donors (Lipinski definition) is 3. The highest BCUT2D eigenvalue weighted by Gasteiger charge is 2.29. The number of fused-ring (bicyclic) bond motifs is 4. The van der Waals surface area contributed by atoms with Crippen molar-refractivity contribution >= 4 is 80.8 Å². The zero-order valence-electron chi connectivity index (χ0n) is 27.2. The van der Waals surface area contributed by atoms with Crippen molar-refractivity contribution in [2.24, 2.45) is 0 Å². The summed E-state index contributed by atoms with van der Waals surface area (Å²) in [6.45, 7) is 5.37. The van der Waals surface area contributed by atoms with E-state index in [0.29, 0.717) is 46.9 Å². The lowest BCUT2D eigenvalue weighted by atomic mass is 10.1. The number of H-pyrrole nitrogens is 1. The van der Waals surface area contributed by atoms with Crippen molar-refractivity contribution in [1.82, 2.24) is 15.2 Å². The Morgan fingerprint density at radius 2 is 1.87 bits per heavy atom. The summed E-state index contributed by atoms with van der Waals surface area (Å²) in [5.41, 5.74) is 5.24. The molecule has 246 valence electrons. The first-order valence-corrected chi connectivity index (χ1v) is 17.3. The molecule has 4 aromatic rings. The third-order valence-corrected chi connectivity index (χ3v) is 9.78. The quantitative estimate of drug-likeness (QED) is 0.169. The van der Waals surface area contributed by atoms with E-state index in [1.54, 1.807) is 22.4 Å². The van der Waals surface area contributed by atoms with E-state index in [1.165, 1.54) is 29.8 Å². The molecule has 0 radical (unpaired) electrons. The monoisotopic (exact) mass is 673 g/mol. The lowest BCUT2D eigenvalue weighted by molar-refractivity contribution is -0.120. The average Bonchev–Trinajstić information content (AvgIpc) is 3.85. The van der Waals surface area contributed by atoms with Gasteiger partial charge in [0.05, 0.1) is 22.6 Å². The molecule has 1 aliphatic carbocycles. The van der Waals surface area contributed by atoms with Gasteiger partial charge in [-0.05, 0) is 87.1 Å². The predicted molar refractivity (Wildman–Crippen MR) is 191 cm³/mol. The summed E-state index contributed by atoms with van der Waals surface area (Å²) in [6, 6.07) is 9.06. The van der Waals surface area contributed by atoms with Gasteiger partial charge in [-0.15, -0.1) is 22.7 Å². The molecule has 0 bridgehead atoms. The molecule has 0 fully saturated rings. The van der Waals surface area contributed by atoms with Gasteiger partial charge < -0.3 is 30.2 Å². The standard InChI is InChI=1S/C33H33N5O5S2.C2H6/c1-37(2)12-5-8-30(39)34-20-6-4-7-27-19(14-20)15-28(45-27)31(40)35-21-16-29(44-18-21)32(41)38-13-11-22-23-17-25(33(42)43-3)36-24(23)9-10-26(22)38;1-2/h4,7,9-10,14-18,36H,5-6,8,11-13H2,1-3H3,(H,34,39)(H,35,40);1-2H3. The Labute approximate surface area is 282 Å². The largest absolute Gasteiger partial charge is 0.464 e. The highest BCUT2D eigenvalue weighted by atomic mass is 32.1. The molecule has 6 rings (SSSR count). The number of hydrogen-bond acceptors (Lipinski definition) is 8. The third-order valence-electron chi connectivity index (χ3n) is 7.75. The van der Waals surface area contributed by atoms with Crippen molar-refractivity contribution < 1.29 is 23.9 Å². The lowest BCUT2D eigenvalue weighted by Gasteiger charge is -2.16. The summed E-state index contributed by atoms with van der Waals surface area (Å²) < 4.78 is 4.84. The third kappa shape index (κ3) is 7.56. The Balaban J connectivity index is 0.00000213. The highest BCUT2D eigenvalue weighted by molar-refractivity contribution is 7.15. The summed E-state index contributed by atoms with van der Waals surface area (Å²) in [4.78, 5) is 60.0. The van der Waals surface area contributed by atoms with Crippen LogP contribution in [0.5, 0.6) is 0 Å². The molecule has 3 amide bonds. The van der Waals surface area contributed by atoms with Crippen molar-refractivity contribution in [3.63, 3.8) is 0 Å². The number of benzene rings is 1. The van der Waals surface area contributed by atoms with Crippen LogP contribution in [0, 0.1) is 0 Å². The van der Waals surface area contributed by atoms with E-state index in [9.17, 15) is 19.2 Å². The SMILES string of the molecule is CC.COC(=O)c1cc2c3c(ccc2[nH]1)N(C(=O)c1cc(NC(=O)c2cc4c(s2)C=CCC(NC(=O)CCCN(C)C)=C4)cs1)CC3. The Kier molecular flexibility index (Phi) is 10.7. The van der Waals surface area contributed by atoms with Gasteiger partial charge in [-0.2, -0.15) is 0 Å². The van der Waals surface area contributed by atoms with Crippen LogP contribution in [0.4, 0.5) is 11.4 Å². The predicted octanol–water partition coefficient (Wildman–Crippen LogP) is 6.77. The van der Waals surface area contributed by atoms with Crippen molar-refractivity contribution in [2.75, 3.05) is 44.5 Å². The second-order valence-electron chi connectivity index (χ2n) is 11.2. The number of aromatic amines is 1. The molecule has 2 aliphatic rings. The number of carbonyl (C=O) groups is 4. The first-order valence-electron chi connectivity index (χ1n) is 15.6. The Bertz CT molecular complexity index is 1880. The number of ether oxygens (including phenoxy) is 1. The van der Waals surface area contributed by atoms with Crippen LogP contribution in [0.3, 0.4) is 0 Å². The van der Waals surface area contributed by atoms with E-state index in [1.807, 2.05) is 64.4 Å². The number of nitrogens with zero attached hydrogens (tertiary/aromatic N) is 2. The van der Waals surface area contributed by atoms with Gasteiger partial charge in [0.1, 0.15) is 5.69 Å². The molecule has 4 heterocycles. The molecule has 0 saturated heterocycles. The summed E-state index contributed by atoms with van der Waals surface area (Å²) >= 11 is 2.66. The van der Waals surface area contributed by atoms with Crippen LogP contribution < -0.4 is 15.5 Å². The van der Waals surface area contributed by atoms with Crippen LogP contribution in [-0.2, 0) is 16.0 Å². The van der Waals surface area contributed by atoms with Crippen LogP contribution in [0.25, 0.3) is 23.1 Å². The maximum absolute atomic E-state index is 13.5. The fraction of sp³-hybridized carbons (Fsp3) is 0.314. The number of thiophene rings is 2. The number of methoxy groups -OCH3 is 1. The number of aromatic nitrogens is 1. The average molecular weight is 674 g/mol. The minimum atomic E-state index is -0.440. The van der Waals surface area contributed by atoms with Crippen molar-refractivity contribution in [3.8, 4) is 0 Å². The molecule has 3 aromatic heterocycles. The van der Waals surface area contributed by atoms with Crippen molar-refractivity contribution in [1.29, 1.82) is 0 Å². The summed E-state index contributed by atoms with van der Waals surface area (Å²) in [5, 5.41) is 8.61. The second kappa shape index (κ2) is 14.9. The number of anilines is 2. The smallest absolute Gasteiger partial charge is 0.354 e. The Morgan fingerprint density at radius 3 is 2.64 bits per heavy atom. The van der Waals surface area contributed by atoms with Gasteiger partial charge in [0.15, 0.2) is 0 Å². The van der Waals surface area contributed by atoms with E-state index >= 15 is 0 Å². The molecule has 0 saturated carbocycles. The van der Waals surface area contributed by atoms with E-state index < -0.39 is 5.97 Å². The highest BCUT2D eigenvalue weighted by Crippen LogP contribution is 2.37. The summed E-state index contributed by atoms with van der Waals surface area (Å²) in [6.07, 6.45) is 8.41. The summed E-state index contributed by atoms with van der Waals surface area (Å²) in [5.74, 6) is -0.857. The lowest BCUT2D eigenvalue weighted by Crippen LogP contribution is -2.28. The number of rotatable bonds is 9. The number of nitrogens with one attached hydrogen (secondary N) is 3. The van der Waals surface area contributed by atoms with Crippen LogP contribution in [0.15, 0.2) is 47.5 Å². The topological polar surface area (TPSA) is 124 Å². The molecule has 10 nitrogen and oxygen atoms in total. The number of carbonyl (C=O) groups excluding carboxylic acids is 4. The van der Waals surface area contributed by atoms with Crippen LogP contribution in [-0.4, -0.2) is 67.9 Å². The van der Waals surface area contributed by atoms with Crippen molar-refractivity contribution in [2.45, 2.75) is 39.5 Å². The van der Waals surface area contributed by atoms with E-state index in [4.69, 9.17) is 4.74 Å². The molecular formula is C35H39N5O5S2. The van der Waals surface area contributed by atoms with Crippen molar-refractivity contribution in [3.05, 3.63) is 78.9 Å². The number of amides is 3. The molecule has 0 atom stereocenters. The molecule has 12 heteroatoms. The minimum absolute atomic E-state index is 0.0150. The molecule has 1 aliphatic heterocycles. The zero-order chi connectivity index (χ0) is 33.7. The first kappa shape index (κ1) is 33.8. The van der Waals surface area contributed by atoms with Crippen LogP contribution in [0.1, 0.15) is 78.9 Å². The van der Waals surface area contributed by atoms with E-state index in [0.717, 1.165) is 51.3 Å². The molecule has 0 unspecified atom stereocenters. The van der Waals surface area contributed by atoms with E-state index in [-0.39, 0.29) is 17.7 Å². The molecular weight excluding hydrogens is 635 g/mol. The molecule has 47 heavy (non-hydrogen) atoms. The Hall–Kier alpha value is -4.52.